The van der Waals surface area contributed by atoms with Crippen LogP contribution in [-0.4, -0.2) is 31.9 Å². The number of fused-ring (bicyclic) bond motifs is 1. The van der Waals surface area contributed by atoms with Crippen molar-refractivity contribution in [2.75, 3.05) is 0 Å². The number of rotatable bonds is 3. The fourth-order valence-corrected chi connectivity index (χ4v) is 1.59. The summed E-state index contributed by atoms with van der Waals surface area (Å²) in [6.07, 6.45) is 2.63. The lowest BCUT2D eigenvalue weighted by Gasteiger charge is -2.20. The minimum absolute atomic E-state index is 0.206. The van der Waals surface area contributed by atoms with Crippen LogP contribution >= 0.6 is 0 Å². The average Bonchev–Trinajstić information content (AvgIpc) is 2.38. The number of amides is 1. The second-order valence-electron chi connectivity index (χ2n) is 4.79. The van der Waals surface area contributed by atoms with Crippen LogP contribution < -0.4 is 10.9 Å². The molecule has 0 aromatic carbocycles. The Bertz CT molecular complexity index is 749. The largest absolute Gasteiger partial charge is 0.480 e. The van der Waals surface area contributed by atoms with E-state index in [4.69, 9.17) is 5.11 Å². The van der Waals surface area contributed by atoms with Crippen LogP contribution in [-0.2, 0) is 4.79 Å². The minimum Gasteiger partial charge on any atom is -0.480 e. The van der Waals surface area contributed by atoms with Gasteiger partial charge >= 0.3 is 5.97 Å². The summed E-state index contributed by atoms with van der Waals surface area (Å²) in [7, 11) is 0. The van der Waals surface area contributed by atoms with E-state index in [9.17, 15) is 14.4 Å². The first-order valence-electron chi connectivity index (χ1n) is 5.85. The van der Waals surface area contributed by atoms with Crippen LogP contribution in [0.15, 0.2) is 35.4 Å². The summed E-state index contributed by atoms with van der Waals surface area (Å²) < 4.78 is 1.22. The average molecular weight is 275 g/mol. The molecule has 0 saturated heterocycles. The van der Waals surface area contributed by atoms with Gasteiger partial charge in [-0.3, -0.25) is 14.0 Å². The van der Waals surface area contributed by atoms with Crippen molar-refractivity contribution >= 4 is 17.5 Å². The highest BCUT2D eigenvalue weighted by molar-refractivity contribution is 5.97. The normalized spacial score (nSPS) is 11.3. The summed E-state index contributed by atoms with van der Waals surface area (Å²) in [6, 6.07) is 4.98. The molecular formula is C13H13N3O4. The Morgan fingerprint density at radius 3 is 2.70 bits per heavy atom. The fraction of sp³-hybridized carbons (Fsp3) is 0.231. The van der Waals surface area contributed by atoms with E-state index >= 15 is 0 Å². The first-order valence-corrected chi connectivity index (χ1v) is 5.85. The smallest absolute Gasteiger partial charge is 0.328 e. The molecule has 2 aromatic rings. The Balaban J connectivity index is 2.44. The number of nitrogens with zero attached hydrogens (tertiary/aromatic N) is 2. The predicted octanol–water partition coefficient (Wildman–Crippen LogP) is 0.287. The number of carboxylic acid groups (broad SMARTS) is 1. The minimum atomic E-state index is -1.47. The first kappa shape index (κ1) is 13.7. The molecule has 0 aliphatic heterocycles. The van der Waals surface area contributed by atoms with Crippen LogP contribution in [0.4, 0.5) is 0 Å². The number of aromatic nitrogens is 2. The number of aliphatic carboxylic acids is 1. The highest BCUT2D eigenvalue weighted by Crippen LogP contribution is 2.04. The Kier molecular flexibility index (Phi) is 3.27. The topological polar surface area (TPSA) is 101 Å². The number of carboxylic acids is 1. The maximum atomic E-state index is 12.1. The van der Waals surface area contributed by atoms with Crippen molar-refractivity contribution in [3.63, 3.8) is 0 Å². The molecule has 2 heterocycles. The molecule has 0 aliphatic carbocycles. The molecule has 0 spiro atoms. The zero-order valence-corrected chi connectivity index (χ0v) is 11.0. The Labute approximate surface area is 113 Å². The molecule has 7 heteroatoms. The fourth-order valence-electron chi connectivity index (χ4n) is 1.59. The van der Waals surface area contributed by atoms with Gasteiger partial charge in [0, 0.05) is 12.4 Å². The van der Waals surface area contributed by atoms with Crippen LogP contribution in [0.1, 0.15) is 24.2 Å². The standard InChI is InChI=1S/C13H13N3O4/c1-13(2,12(19)20)15-10(17)8-7-14-9-5-3-4-6-16(9)11(8)18/h3-7H,1-2H3,(H,15,17)(H,19,20). The van der Waals surface area contributed by atoms with Gasteiger partial charge in [-0.25, -0.2) is 9.78 Å². The maximum absolute atomic E-state index is 12.1. The van der Waals surface area contributed by atoms with E-state index in [0.717, 1.165) is 6.20 Å². The van der Waals surface area contributed by atoms with Crippen LogP contribution in [0.2, 0.25) is 0 Å². The van der Waals surface area contributed by atoms with E-state index in [1.54, 1.807) is 18.2 Å². The van der Waals surface area contributed by atoms with Crippen molar-refractivity contribution in [2.45, 2.75) is 19.4 Å². The number of carbonyl (C=O) groups excluding carboxylic acids is 1. The summed E-state index contributed by atoms with van der Waals surface area (Å²) in [4.78, 5) is 39.1. The van der Waals surface area contributed by atoms with Gasteiger partial charge < -0.3 is 10.4 Å². The van der Waals surface area contributed by atoms with Crippen LogP contribution in [0.3, 0.4) is 0 Å². The molecule has 0 unspecified atom stereocenters. The highest BCUT2D eigenvalue weighted by atomic mass is 16.4. The van der Waals surface area contributed by atoms with Crippen LogP contribution in [0, 0.1) is 0 Å². The van der Waals surface area contributed by atoms with Gasteiger partial charge in [0.1, 0.15) is 16.7 Å². The summed E-state index contributed by atoms with van der Waals surface area (Å²) in [5.41, 5.74) is -1.82. The van der Waals surface area contributed by atoms with E-state index in [1.165, 1.54) is 24.4 Å². The first-order chi connectivity index (χ1) is 9.33. The molecule has 0 fully saturated rings. The third-order valence-corrected chi connectivity index (χ3v) is 2.82. The molecule has 0 aliphatic rings. The van der Waals surface area contributed by atoms with Crippen molar-refractivity contribution in [1.29, 1.82) is 0 Å². The van der Waals surface area contributed by atoms with Gasteiger partial charge in [0.25, 0.3) is 11.5 Å². The Morgan fingerprint density at radius 1 is 1.35 bits per heavy atom. The molecule has 2 N–H and O–H groups in total. The monoisotopic (exact) mass is 275 g/mol. The van der Waals surface area contributed by atoms with Gasteiger partial charge in [-0.05, 0) is 26.0 Å². The van der Waals surface area contributed by atoms with Gasteiger partial charge in [0.05, 0.1) is 0 Å². The van der Waals surface area contributed by atoms with Crippen molar-refractivity contribution in [3.05, 3.63) is 46.5 Å². The quantitative estimate of drug-likeness (QED) is 0.838. The SMILES string of the molecule is CC(C)(NC(=O)c1cnc2ccccn2c1=O)C(=O)O. The Hall–Kier alpha value is -2.70. The molecule has 7 nitrogen and oxygen atoms in total. The molecule has 0 radical (unpaired) electrons. The molecular weight excluding hydrogens is 262 g/mol. The zero-order chi connectivity index (χ0) is 14.9. The number of nitrogens with one attached hydrogen (secondary N) is 1. The van der Waals surface area contributed by atoms with Crippen molar-refractivity contribution in [3.8, 4) is 0 Å². The van der Waals surface area contributed by atoms with E-state index in [2.05, 4.69) is 10.3 Å². The van der Waals surface area contributed by atoms with Gasteiger partial charge in [-0.2, -0.15) is 0 Å². The predicted molar refractivity (Wildman–Crippen MR) is 70.6 cm³/mol. The van der Waals surface area contributed by atoms with E-state index in [1.807, 2.05) is 0 Å². The van der Waals surface area contributed by atoms with E-state index < -0.39 is 23.0 Å². The summed E-state index contributed by atoms with van der Waals surface area (Å²) in [5.74, 6) is -1.96. The van der Waals surface area contributed by atoms with Crippen LogP contribution in [0.5, 0.6) is 0 Å². The molecule has 1 amide bonds. The van der Waals surface area contributed by atoms with E-state index in [0.29, 0.717) is 5.65 Å². The van der Waals surface area contributed by atoms with Crippen molar-refractivity contribution in [1.82, 2.24) is 14.7 Å². The second-order valence-corrected chi connectivity index (χ2v) is 4.79. The number of hydrogen-bond acceptors (Lipinski definition) is 4. The molecule has 0 saturated carbocycles. The lowest BCUT2D eigenvalue weighted by molar-refractivity contribution is -0.143. The van der Waals surface area contributed by atoms with Crippen LogP contribution in [0.25, 0.3) is 5.65 Å². The van der Waals surface area contributed by atoms with Gasteiger partial charge in [0.2, 0.25) is 0 Å². The number of carbonyl (C=O) groups is 2. The number of hydrogen-bond donors (Lipinski definition) is 2. The Morgan fingerprint density at radius 2 is 2.05 bits per heavy atom. The van der Waals surface area contributed by atoms with E-state index in [-0.39, 0.29) is 5.56 Å². The third kappa shape index (κ3) is 2.37. The third-order valence-electron chi connectivity index (χ3n) is 2.82. The van der Waals surface area contributed by atoms with Gasteiger partial charge in [0.15, 0.2) is 0 Å². The molecule has 104 valence electrons. The summed E-state index contributed by atoms with van der Waals surface area (Å²) in [6.45, 7) is 2.67. The van der Waals surface area contributed by atoms with Crippen molar-refractivity contribution in [2.24, 2.45) is 0 Å². The maximum Gasteiger partial charge on any atom is 0.328 e. The molecule has 0 bridgehead atoms. The summed E-state index contributed by atoms with van der Waals surface area (Å²) in [5, 5.41) is 11.3. The molecule has 2 aromatic heterocycles. The van der Waals surface area contributed by atoms with Gasteiger partial charge in [-0.15, -0.1) is 0 Å². The molecule has 2 rings (SSSR count). The molecule has 0 atom stereocenters. The highest BCUT2D eigenvalue weighted by Gasteiger charge is 2.30. The zero-order valence-electron chi connectivity index (χ0n) is 11.0. The lowest BCUT2D eigenvalue weighted by Crippen LogP contribution is -2.50. The van der Waals surface area contributed by atoms with Crippen molar-refractivity contribution < 1.29 is 14.7 Å². The summed E-state index contributed by atoms with van der Waals surface area (Å²) >= 11 is 0. The second kappa shape index (κ2) is 4.76. The lowest BCUT2D eigenvalue weighted by atomic mass is 10.1. The number of pyridine rings is 1. The van der Waals surface area contributed by atoms with Gasteiger partial charge in [-0.1, -0.05) is 6.07 Å². The molecule has 20 heavy (non-hydrogen) atoms.